The van der Waals surface area contributed by atoms with Crippen molar-refractivity contribution in [1.29, 1.82) is 0 Å². The number of hydrogen-bond donors (Lipinski definition) is 2. The van der Waals surface area contributed by atoms with Gasteiger partial charge in [0.1, 0.15) is 0 Å². The van der Waals surface area contributed by atoms with Gasteiger partial charge in [-0.2, -0.15) is 26.3 Å². The third-order valence-electron chi connectivity index (χ3n) is 4.63. The molecular weight excluding hydrogens is 350 g/mol. The van der Waals surface area contributed by atoms with E-state index in [1.54, 1.807) is 0 Å². The molecule has 3 rings (SSSR count). The van der Waals surface area contributed by atoms with E-state index in [2.05, 4.69) is 10.6 Å². The average Bonchev–Trinajstić information content (AvgIpc) is 3.08. The molecule has 2 aliphatic rings. The van der Waals surface area contributed by atoms with Gasteiger partial charge in [0.05, 0.1) is 22.7 Å². The Morgan fingerprint density at radius 3 is 2.00 bits per heavy atom. The molecule has 1 saturated heterocycles. The quantitative estimate of drug-likeness (QED) is 0.803. The highest BCUT2D eigenvalue weighted by Gasteiger charge is 2.49. The van der Waals surface area contributed by atoms with Crippen LogP contribution in [0, 0.1) is 0 Å². The highest BCUT2D eigenvalue weighted by molar-refractivity contribution is 5.83. The Hall–Kier alpha value is -1.77. The maximum absolute atomic E-state index is 13.0. The third kappa shape index (κ3) is 3.75. The summed E-state index contributed by atoms with van der Waals surface area (Å²) >= 11 is 0. The fourth-order valence-electron chi connectivity index (χ4n) is 3.07. The van der Waals surface area contributed by atoms with Crippen molar-refractivity contribution in [3.8, 4) is 0 Å². The number of carbonyl (C=O) groups is 1. The van der Waals surface area contributed by atoms with Crippen molar-refractivity contribution in [2.45, 2.75) is 49.6 Å². The second-order valence-electron chi connectivity index (χ2n) is 6.51. The van der Waals surface area contributed by atoms with Gasteiger partial charge in [0, 0.05) is 0 Å². The summed E-state index contributed by atoms with van der Waals surface area (Å²) in [7, 11) is 0. The lowest BCUT2D eigenvalue weighted by molar-refractivity contribution is -0.143. The van der Waals surface area contributed by atoms with Crippen molar-refractivity contribution in [2.24, 2.45) is 0 Å². The number of amides is 1. The van der Waals surface area contributed by atoms with Gasteiger partial charge in [0.15, 0.2) is 0 Å². The Balaban J connectivity index is 1.93. The van der Waals surface area contributed by atoms with E-state index in [0.29, 0.717) is 37.9 Å². The van der Waals surface area contributed by atoms with Crippen LogP contribution in [0.1, 0.15) is 42.4 Å². The lowest BCUT2D eigenvalue weighted by Crippen LogP contribution is -2.45. The molecule has 1 aliphatic carbocycles. The molecule has 2 fully saturated rings. The monoisotopic (exact) mass is 366 g/mol. The van der Waals surface area contributed by atoms with Crippen LogP contribution in [0.3, 0.4) is 0 Å². The SMILES string of the molecule is O=C(NC1(c2cc(C(F)(F)F)cc(C(F)(F)F)c2)CC1)[C@@H]1CCCN1. The van der Waals surface area contributed by atoms with E-state index in [-0.39, 0.29) is 17.5 Å². The molecule has 1 amide bonds. The van der Waals surface area contributed by atoms with Crippen LogP contribution in [0.5, 0.6) is 0 Å². The van der Waals surface area contributed by atoms with Gasteiger partial charge in [-0.3, -0.25) is 4.79 Å². The van der Waals surface area contributed by atoms with Crippen LogP contribution in [0.4, 0.5) is 26.3 Å². The molecule has 3 nitrogen and oxygen atoms in total. The minimum Gasteiger partial charge on any atom is -0.345 e. The number of hydrogen-bond acceptors (Lipinski definition) is 2. The number of nitrogens with one attached hydrogen (secondary N) is 2. The molecule has 0 spiro atoms. The van der Waals surface area contributed by atoms with Crippen molar-refractivity contribution < 1.29 is 31.1 Å². The van der Waals surface area contributed by atoms with Crippen LogP contribution in [0.2, 0.25) is 0 Å². The molecule has 1 saturated carbocycles. The van der Waals surface area contributed by atoms with Crippen molar-refractivity contribution >= 4 is 5.91 Å². The molecule has 1 aromatic rings. The fourth-order valence-corrected chi connectivity index (χ4v) is 3.07. The van der Waals surface area contributed by atoms with E-state index in [4.69, 9.17) is 0 Å². The first kappa shape index (κ1) is 18.0. The van der Waals surface area contributed by atoms with Crippen molar-refractivity contribution in [1.82, 2.24) is 10.6 Å². The molecule has 0 bridgehead atoms. The number of alkyl halides is 6. The van der Waals surface area contributed by atoms with Crippen molar-refractivity contribution in [3.05, 3.63) is 34.9 Å². The van der Waals surface area contributed by atoms with E-state index in [1.165, 1.54) is 0 Å². The van der Waals surface area contributed by atoms with Gasteiger partial charge < -0.3 is 10.6 Å². The molecule has 1 atom stereocenters. The highest BCUT2D eigenvalue weighted by Crippen LogP contribution is 2.48. The van der Waals surface area contributed by atoms with Gasteiger partial charge in [-0.25, -0.2) is 0 Å². The average molecular weight is 366 g/mol. The van der Waals surface area contributed by atoms with Gasteiger partial charge >= 0.3 is 12.4 Å². The molecule has 138 valence electrons. The fraction of sp³-hybridized carbons (Fsp3) is 0.562. The lowest BCUT2D eigenvalue weighted by atomic mass is 9.97. The molecule has 2 N–H and O–H groups in total. The first-order valence-electron chi connectivity index (χ1n) is 7.87. The second-order valence-corrected chi connectivity index (χ2v) is 6.51. The zero-order valence-electron chi connectivity index (χ0n) is 13.0. The van der Waals surface area contributed by atoms with E-state index in [0.717, 1.165) is 6.42 Å². The van der Waals surface area contributed by atoms with Gasteiger partial charge in [0.2, 0.25) is 5.91 Å². The topological polar surface area (TPSA) is 41.1 Å². The van der Waals surface area contributed by atoms with Crippen LogP contribution in [-0.2, 0) is 22.7 Å². The van der Waals surface area contributed by atoms with Gasteiger partial charge in [-0.05, 0) is 56.0 Å². The number of benzene rings is 1. The third-order valence-corrected chi connectivity index (χ3v) is 4.63. The Morgan fingerprint density at radius 1 is 1.04 bits per heavy atom. The standard InChI is InChI=1S/C16H16F6N2O/c17-15(18,19)10-6-9(7-11(8-10)16(20,21)22)14(3-4-14)24-13(25)12-2-1-5-23-12/h6-8,12,23H,1-5H2,(H,24,25)/t12-/m0/s1. The zero-order chi connectivity index (χ0) is 18.5. The summed E-state index contributed by atoms with van der Waals surface area (Å²) in [5.74, 6) is -0.388. The van der Waals surface area contributed by atoms with Gasteiger partial charge in [0.25, 0.3) is 0 Å². The van der Waals surface area contributed by atoms with E-state index < -0.39 is 35.1 Å². The summed E-state index contributed by atoms with van der Waals surface area (Å²) in [5, 5.41) is 5.60. The van der Waals surface area contributed by atoms with Crippen molar-refractivity contribution in [2.75, 3.05) is 6.54 Å². The summed E-state index contributed by atoms with van der Waals surface area (Å²) in [6.07, 6.45) is -7.79. The Kier molecular flexibility index (Phi) is 4.25. The first-order chi connectivity index (χ1) is 11.5. The predicted octanol–water partition coefficient (Wildman–Crippen LogP) is 3.58. The van der Waals surface area contributed by atoms with Gasteiger partial charge in [-0.15, -0.1) is 0 Å². The van der Waals surface area contributed by atoms with Crippen LogP contribution < -0.4 is 10.6 Å². The Labute approximate surface area is 139 Å². The zero-order valence-corrected chi connectivity index (χ0v) is 13.0. The van der Waals surface area contributed by atoms with Gasteiger partial charge in [-0.1, -0.05) is 0 Å². The van der Waals surface area contributed by atoms with E-state index in [9.17, 15) is 31.1 Å². The molecule has 0 radical (unpaired) electrons. The largest absolute Gasteiger partial charge is 0.416 e. The predicted molar refractivity (Wildman–Crippen MR) is 76.5 cm³/mol. The Bertz CT molecular complexity index is 640. The molecule has 0 unspecified atom stereocenters. The summed E-state index contributed by atoms with van der Waals surface area (Å²) in [6, 6.07) is 1.04. The minimum absolute atomic E-state index is 0.0971. The smallest absolute Gasteiger partial charge is 0.345 e. The van der Waals surface area contributed by atoms with Crippen LogP contribution in [-0.4, -0.2) is 18.5 Å². The molecule has 25 heavy (non-hydrogen) atoms. The maximum atomic E-state index is 13.0. The number of halogens is 6. The van der Waals surface area contributed by atoms with E-state index >= 15 is 0 Å². The van der Waals surface area contributed by atoms with Crippen LogP contribution in [0.25, 0.3) is 0 Å². The second kappa shape index (κ2) is 5.89. The summed E-state index contributed by atoms with van der Waals surface area (Å²) in [5.41, 5.74) is -4.03. The van der Waals surface area contributed by atoms with Crippen LogP contribution >= 0.6 is 0 Å². The minimum atomic E-state index is -4.90. The summed E-state index contributed by atoms with van der Waals surface area (Å²) < 4.78 is 77.9. The highest BCUT2D eigenvalue weighted by atomic mass is 19.4. The maximum Gasteiger partial charge on any atom is 0.416 e. The number of carbonyl (C=O) groups excluding carboxylic acids is 1. The molecule has 1 aliphatic heterocycles. The molecule has 1 aromatic carbocycles. The molecule has 0 aromatic heterocycles. The van der Waals surface area contributed by atoms with Crippen LogP contribution in [0.15, 0.2) is 18.2 Å². The van der Waals surface area contributed by atoms with E-state index in [1.807, 2.05) is 0 Å². The summed E-state index contributed by atoms with van der Waals surface area (Å²) in [6.45, 7) is 0.660. The first-order valence-corrected chi connectivity index (χ1v) is 7.87. The molecular formula is C16H16F6N2O. The summed E-state index contributed by atoms with van der Waals surface area (Å²) in [4.78, 5) is 12.2. The normalized spacial score (nSPS) is 22.7. The van der Waals surface area contributed by atoms with Crippen molar-refractivity contribution in [3.63, 3.8) is 0 Å². The Morgan fingerprint density at radius 2 is 1.60 bits per heavy atom. The number of rotatable bonds is 3. The molecule has 1 heterocycles. The molecule has 9 heteroatoms. The lowest BCUT2D eigenvalue weighted by Gasteiger charge is -2.23.